The third-order valence-corrected chi connectivity index (χ3v) is 3.24. The smallest absolute Gasteiger partial charge is 0.158 e. The first-order chi connectivity index (χ1) is 8.30. The number of ether oxygens (including phenoxy) is 3. The van der Waals surface area contributed by atoms with E-state index in [9.17, 15) is 0 Å². The molecule has 0 amide bonds. The number of hydrogen-bond donors (Lipinski definition) is 1. The summed E-state index contributed by atoms with van der Waals surface area (Å²) >= 11 is 0. The number of rotatable bonds is 9. The maximum atomic E-state index is 5.50. The molecule has 0 aromatic heterocycles. The van der Waals surface area contributed by atoms with Gasteiger partial charge in [0.15, 0.2) is 6.29 Å². The molecule has 0 bridgehead atoms. The number of nitrogens with one attached hydrogen (secondary N) is 1. The van der Waals surface area contributed by atoms with E-state index in [1.54, 1.807) is 7.11 Å². The Balaban J connectivity index is 2.09. The van der Waals surface area contributed by atoms with Crippen LogP contribution in [0.4, 0.5) is 0 Å². The van der Waals surface area contributed by atoms with E-state index in [2.05, 4.69) is 5.32 Å². The second-order valence-corrected chi connectivity index (χ2v) is 4.45. The van der Waals surface area contributed by atoms with Gasteiger partial charge in [-0.15, -0.1) is 0 Å². The lowest BCUT2D eigenvalue weighted by Crippen LogP contribution is -2.31. The van der Waals surface area contributed by atoms with Crippen LogP contribution in [0.25, 0.3) is 0 Å². The van der Waals surface area contributed by atoms with E-state index in [0.29, 0.717) is 25.4 Å². The summed E-state index contributed by atoms with van der Waals surface area (Å²) in [6.45, 7) is 6.37. The SMILES string of the molecule is CCOC(CCNC1CCC(OC)C1)OCC. The van der Waals surface area contributed by atoms with E-state index < -0.39 is 0 Å². The van der Waals surface area contributed by atoms with Crippen molar-refractivity contribution in [1.82, 2.24) is 5.32 Å². The third kappa shape index (κ3) is 5.82. The van der Waals surface area contributed by atoms with Crippen molar-refractivity contribution in [3.63, 3.8) is 0 Å². The van der Waals surface area contributed by atoms with Crippen molar-refractivity contribution in [2.24, 2.45) is 0 Å². The van der Waals surface area contributed by atoms with Crippen LogP contribution in [-0.2, 0) is 14.2 Å². The summed E-state index contributed by atoms with van der Waals surface area (Å²) < 4.78 is 16.4. The third-order valence-electron chi connectivity index (χ3n) is 3.24. The van der Waals surface area contributed by atoms with Gasteiger partial charge in [0, 0.05) is 39.3 Å². The molecule has 2 unspecified atom stereocenters. The molecule has 1 aliphatic rings. The van der Waals surface area contributed by atoms with E-state index in [1.807, 2.05) is 13.8 Å². The van der Waals surface area contributed by atoms with E-state index in [4.69, 9.17) is 14.2 Å². The molecule has 0 saturated heterocycles. The maximum absolute atomic E-state index is 5.50. The van der Waals surface area contributed by atoms with E-state index >= 15 is 0 Å². The molecule has 4 nitrogen and oxygen atoms in total. The monoisotopic (exact) mass is 245 g/mol. The van der Waals surface area contributed by atoms with Gasteiger partial charge in [0.05, 0.1) is 6.10 Å². The van der Waals surface area contributed by atoms with E-state index in [1.165, 1.54) is 12.8 Å². The van der Waals surface area contributed by atoms with Crippen LogP contribution in [0.3, 0.4) is 0 Å². The van der Waals surface area contributed by atoms with Gasteiger partial charge in [0.1, 0.15) is 0 Å². The van der Waals surface area contributed by atoms with Gasteiger partial charge in [-0.05, 0) is 33.1 Å². The predicted molar refractivity (Wildman–Crippen MR) is 68.1 cm³/mol. The minimum absolute atomic E-state index is 0.0582. The zero-order valence-corrected chi connectivity index (χ0v) is 11.4. The Labute approximate surface area is 105 Å². The molecule has 2 atom stereocenters. The van der Waals surface area contributed by atoms with Crippen molar-refractivity contribution >= 4 is 0 Å². The Hall–Kier alpha value is -0.160. The van der Waals surface area contributed by atoms with Crippen molar-refractivity contribution in [2.75, 3.05) is 26.9 Å². The van der Waals surface area contributed by atoms with Crippen molar-refractivity contribution in [3.05, 3.63) is 0 Å². The second kappa shape index (κ2) is 8.86. The largest absolute Gasteiger partial charge is 0.381 e. The fourth-order valence-corrected chi connectivity index (χ4v) is 2.33. The summed E-state index contributed by atoms with van der Waals surface area (Å²) in [5.41, 5.74) is 0. The predicted octanol–water partition coefficient (Wildman–Crippen LogP) is 1.93. The molecule has 0 spiro atoms. The molecule has 1 saturated carbocycles. The summed E-state index contributed by atoms with van der Waals surface area (Å²) in [6.07, 6.45) is 4.82. The van der Waals surface area contributed by atoms with Crippen LogP contribution in [0.2, 0.25) is 0 Å². The fraction of sp³-hybridized carbons (Fsp3) is 1.00. The van der Waals surface area contributed by atoms with Crippen LogP contribution in [0.5, 0.6) is 0 Å². The Morgan fingerprint density at radius 3 is 2.41 bits per heavy atom. The highest BCUT2D eigenvalue weighted by Crippen LogP contribution is 2.21. The van der Waals surface area contributed by atoms with Gasteiger partial charge in [-0.25, -0.2) is 0 Å². The highest BCUT2D eigenvalue weighted by atomic mass is 16.7. The van der Waals surface area contributed by atoms with Gasteiger partial charge >= 0.3 is 0 Å². The van der Waals surface area contributed by atoms with Crippen LogP contribution in [0.15, 0.2) is 0 Å². The van der Waals surface area contributed by atoms with E-state index in [-0.39, 0.29) is 6.29 Å². The first-order valence-electron chi connectivity index (χ1n) is 6.79. The van der Waals surface area contributed by atoms with Crippen molar-refractivity contribution in [3.8, 4) is 0 Å². The Bertz CT molecular complexity index is 184. The quantitative estimate of drug-likeness (QED) is 0.630. The topological polar surface area (TPSA) is 39.7 Å². The summed E-state index contributed by atoms with van der Waals surface area (Å²) in [7, 11) is 1.80. The molecule has 0 aromatic carbocycles. The molecule has 0 radical (unpaired) electrons. The lowest BCUT2D eigenvalue weighted by molar-refractivity contribution is -0.138. The minimum atomic E-state index is -0.0582. The molecular weight excluding hydrogens is 218 g/mol. The van der Waals surface area contributed by atoms with Crippen molar-refractivity contribution in [1.29, 1.82) is 0 Å². The average Bonchev–Trinajstić information content (AvgIpc) is 2.77. The molecule has 0 heterocycles. The minimum Gasteiger partial charge on any atom is -0.381 e. The van der Waals surface area contributed by atoms with Gasteiger partial charge in [-0.3, -0.25) is 0 Å². The first kappa shape index (κ1) is 14.9. The molecule has 17 heavy (non-hydrogen) atoms. The lowest BCUT2D eigenvalue weighted by Gasteiger charge is -2.19. The first-order valence-corrected chi connectivity index (χ1v) is 6.79. The van der Waals surface area contributed by atoms with Crippen LogP contribution < -0.4 is 5.32 Å². The number of methoxy groups -OCH3 is 1. The fourth-order valence-electron chi connectivity index (χ4n) is 2.33. The number of hydrogen-bond acceptors (Lipinski definition) is 4. The van der Waals surface area contributed by atoms with Crippen LogP contribution in [0.1, 0.15) is 39.5 Å². The van der Waals surface area contributed by atoms with Crippen molar-refractivity contribution in [2.45, 2.75) is 58.0 Å². The summed E-state index contributed by atoms with van der Waals surface area (Å²) in [5, 5.41) is 3.55. The summed E-state index contributed by atoms with van der Waals surface area (Å²) in [5.74, 6) is 0. The molecule has 0 aromatic rings. The highest BCUT2D eigenvalue weighted by Gasteiger charge is 2.23. The lowest BCUT2D eigenvalue weighted by atomic mass is 10.2. The van der Waals surface area contributed by atoms with Crippen LogP contribution >= 0.6 is 0 Å². The maximum Gasteiger partial charge on any atom is 0.158 e. The molecular formula is C13H27NO3. The standard InChI is InChI=1S/C13H27NO3/c1-4-16-13(17-5-2)8-9-14-11-6-7-12(10-11)15-3/h11-14H,4-10H2,1-3H3. The molecule has 1 fully saturated rings. The van der Waals surface area contributed by atoms with Crippen LogP contribution in [-0.4, -0.2) is 45.3 Å². The molecule has 0 aliphatic heterocycles. The summed E-state index contributed by atoms with van der Waals surface area (Å²) in [6, 6.07) is 0.601. The summed E-state index contributed by atoms with van der Waals surface area (Å²) in [4.78, 5) is 0. The van der Waals surface area contributed by atoms with Crippen LogP contribution in [0, 0.1) is 0 Å². The van der Waals surface area contributed by atoms with Gasteiger partial charge < -0.3 is 19.5 Å². The molecule has 102 valence electrons. The Morgan fingerprint density at radius 2 is 1.88 bits per heavy atom. The van der Waals surface area contributed by atoms with Gasteiger partial charge in [0.25, 0.3) is 0 Å². The zero-order chi connectivity index (χ0) is 12.5. The highest BCUT2D eigenvalue weighted by molar-refractivity contribution is 4.80. The molecule has 4 heteroatoms. The van der Waals surface area contributed by atoms with Gasteiger partial charge in [-0.1, -0.05) is 0 Å². The second-order valence-electron chi connectivity index (χ2n) is 4.45. The van der Waals surface area contributed by atoms with Gasteiger partial charge in [-0.2, -0.15) is 0 Å². The van der Waals surface area contributed by atoms with E-state index in [0.717, 1.165) is 19.4 Å². The average molecular weight is 245 g/mol. The molecule has 1 rings (SSSR count). The van der Waals surface area contributed by atoms with Crippen molar-refractivity contribution < 1.29 is 14.2 Å². The zero-order valence-electron chi connectivity index (χ0n) is 11.4. The normalized spacial score (nSPS) is 24.7. The Morgan fingerprint density at radius 1 is 1.18 bits per heavy atom. The Kier molecular flexibility index (Phi) is 7.77. The molecule has 1 aliphatic carbocycles. The molecule has 1 N–H and O–H groups in total. The van der Waals surface area contributed by atoms with Gasteiger partial charge in [0.2, 0.25) is 0 Å².